The van der Waals surface area contributed by atoms with E-state index in [2.05, 4.69) is 86.0 Å². The van der Waals surface area contributed by atoms with Gasteiger partial charge in [0.05, 0.1) is 0 Å². The molecule has 1 atom stereocenters. The Labute approximate surface area is 195 Å². The van der Waals surface area contributed by atoms with E-state index in [0.717, 1.165) is 36.4 Å². The van der Waals surface area contributed by atoms with Crippen molar-refractivity contribution >= 4 is 17.0 Å². The maximum Gasteiger partial charge on any atom is 0.178 e. The molecule has 1 saturated heterocycles. The number of H-pyrrole nitrogens is 1. The van der Waals surface area contributed by atoms with Gasteiger partial charge in [-0.05, 0) is 80.4 Å². The lowest BCUT2D eigenvalue weighted by molar-refractivity contribution is 0.180. The number of benzene rings is 2. The Bertz CT molecular complexity index is 1150. The quantitative estimate of drug-likeness (QED) is 0.411. The molecule has 0 bridgehead atoms. The van der Waals surface area contributed by atoms with Gasteiger partial charge in [0.2, 0.25) is 0 Å². The van der Waals surface area contributed by atoms with E-state index in [1.807, 2.05) is 6.07 Å². The first kappa shape index (κ1) is 21.6. The smallest absolute Gasteiger partial charge is 0.178 e. The van der Waals surface area contributed by atoms with Crippen LogP contribution in [0.5, 0.6) is 0 Å². The van der Waals surface area contributed by atoms with Crippen LogP contribution in [0.4, 0.5) is 5.82 Å². The molecular formula is C27H32N6. The lowest BCUT2D eigenvalue weighted by Crippen LogP contribution is -2.35. The van der Waals surface area contributed by atoms with Gasteiger partial charge in [-0.2, -0.15) is 0 Å². The molecule has 0 amide bonds. The van der Waals surface area contributed by atoms with Crippen molar-refractivity contribution in [3.8, 4) is 0 Å². The molecule has 4 aromatic rings. The van der Waals surface area contributed by atoms with E-state index < -0.39 is 0 Å². The lowest BCUT2D eigenvalue weighted by Gasteiger charge is -2.32. The number of likely N-dealkylation sites (tertiary alicyclic amines) is 1. The lowest BCUT2D eigenvalue weighted by atomic mass is 9.86. The number of fused-ring (bicyclic) bond motifs is 1. The molecule has 1 aliphatic rings. The Hall–Kier alpha value is -3.25. The third-order valence-electron chi connectivity index (χ3n) is 6.97. The van der Waals surface area contributed by atoms with Crippen LogP contribution in [-0.2, 0) is 6.42 Å². The van der Waals surface area contributed by atoms with E-state index in [1.165, 1.54) is 43.5 Å². The van der Waals surface area contributed by atoms with Gasteiger partial charge in [0.15, 0.2) is 5.65 Å². The molecule has 0 aliphatic carbocycles. The first-order chi connectivity index (χ1) is 16.3. The van der Waals surface area contributed by atoms with E-state index in [-0.39, 0.29) is 5.92 Å². The number of aromatic nitrogens is 4. The van der Waals surface area contributed by atoms with E-state index in [0.29, 0.717) is 11.5 Å². The molecule has 0 radical (unpaired) electrons. The summed E-state index contributed by atoms with van der Waals surface area (Å²) in [4.78, 5) is 6.99. The molecule has 3 heterocycles. The van der Waals surface area contributed by atoms with Crippen LogP contribution in [0.3, 0.4) is 0 Å². The highest BCUT2D eigenvalue weighted by atomic mass is 15.3. The Morgan fingerprint density at radius 1 is 1.00 bits per heavy atom. The highest BCUT2D eigenvalue weighted by Crippen LogP contribution is 2.33. The highest BCUT2D eigenvalue weighted by molar-refractivity contribution is 5.77. The molecule has 2 aromatic carbocycles. The fourth-order valence-electron chi connectivity index (χ4n) is 5.22. The Kier molecular flexibility index (Phi) is 6.63. The third kappa shape index (κ3) is 5.22. The summed E-state index contributed by atoms with van der Waals surface area (Å²) in [5.41, 5.74) is 11.5. The Balaban J connectivity index is 1.22. The van der Waals surface area contributed by atoms with Crippen LogP contribution in [-0.4, -0.2) is 44.9 Å². The number of hydrogen-bond acceptors (Lipinski definition) is 5. The highest BCUT2D eigenvalue weighted by Gasteiger charge is 2.22. The first-order valence-corrected chi connectivity index (χ1v) is 12.0. The van der Waals surface area contributed by atoms with E-state index in [9.17, 15) is 0 Å². The van der Waals surface area contributed by atoms with Gasteiger partial charge in [0.25, 0.3) is 0 Å². The molecule has 0 saturated carbocycles. The molecule has 6 heteroatoms. The number of nitrogens with two attached hydrogens (primary N) is 1. The zero-order chi connectivity index (χ0) is 22.5. The van der Waals surface area contributed by atoms with Gasteiger partial charge in [0, 0.05) is 5.92 Å². The van der Waals surface area contributed by atoms with Gasteiger partial charge in [0.1, 0.15) is 11.3 Å². The normalized spacial score (nSPS) is 16.2. The first-order valence-electron chi connectivity index (χ1n) is 12.0. The summed E-state index contributed by atoms with van der Waals surface area (Å²) in [7, 11) is 0. The van der Waals surface area contributed by atoms with Gasteiger partial charge >= 0.3 is 0 Å². The summed E-state index contributed by atoms with van der Waals surface area (Å²) in [5, 5.41) is 11.2. The molecular weight excluding hydrogens is 408 g/mol. The summed E-state index contributed by atoms with van der Waals surface area (Å²) < 4.78 is 0. The van der Waals surface area contributed by atoms with Gasteiger partial charge < -0.3 is 10.6 Å². The fourth-order valence-corrected chi connectivity index (χ4v) is 5.22. The average Bonchev–Trinajstić information content (AvgIpc) is 3.32. The van der Waals surface area contributed by atoms with Crippen molar-refractivity contribution in [2.24, 2.45) is 5.92 Å². The number of nitrogen functional groups attached to an aromatic ring is 1. The number of aromatic amines is 1. The molecule has 5 rings (SSSR count). The van der Waals surface area contributed by atoms with E-state index >= 15 is 0 Å². The van der Waals surface area contributed by atoms with Crippen molar-refractivity contribution in [2.75, 3.05) is 25.4 Å². The number of pyridine rings is 1. The molecule has 33 heavy (non-hydrogen) atoms. The molecule has 1 aliphatic heterocycles. The summed E-state index contributed by atoms with van der Waals surface area (Å²) in [5.74, 6) is 1.53. The third-order valence-corrected chi connectivity index (χ3v) is 6.97. The summed E-state index contributed by atoms with van der Waals surface area (Å²) in [6, 6.07) is 23.5. The topological polar surface area (TPSA) is 83.7 Å². The predicted octanol–water partition coefficient (Wildman–Crippen LogP) is 4.80. The minimum absolute atomic E-state index is 0.222. The van der Waals surface area contributed by atoms with Crippen LogP contribution < -0.4 is 5.73 Å². The number of piperidine rings is 1. The van der Waals surface area contributed by atoms with Gasteiger partial charge in [-0.3, -0.25) is 0 Å². The maximum atomic E-state index is 6.12. The minimum atomic E-state index is 0.222. The summed E-state index contributed by atoms with van der Waals surface area (Å²) in [6.07, 6.45) is 5.96. The van der Waals surface area contributed by atoms with Crippen molar-refractivity contribution in [3.05, 3.63) is 83.4 Å². The number of hydrogen-bond donors (Lipinski definition) is 2. The van der Waals surface area contributed by atoms with Crippen LogP contribution in [0.15, 0.2) is 66.7 Å². The van der Waals surface area contributed by atoms with Crippen LogP contribution in [0, 0.1) is 5.92 Å². The molecule has 6 nitrogen and oxygen atoms in total. The second kappa shape index (κ2) is 10.1. The van der Waals surface area contributed by atoms with E-state index in [1.54, 1.807) is 0 Å². The molecule has 0 spiro atoms. The number of anilines is 1. The summed E-state index contributed by atoms with van der Waals surface area (Å²) in [6.45, 7) is 3.52. The standard InChI is InChI=1S/C27H32N6/c28-25-19-24(26-27(29-25)31-32-30-26)23(22-10-5-2-6-11-22)12-7-15-33-16-13-21(14-17-33)18-20-8-3-1-4-9-20/h1-6,8-11,19,21,23H,7,12-18H2,(H3,28,29,30,31,32). The second-order valence-electron chi connectivity index (χ2n) is 9.23. The number of nitrogens with one attached hydrogen (secondary N) is 1. The minimum Gasteiger partial charge on any atom is -0.384 e. The zero-order valence-electron chi connectivity index (χ0n) is 19.0. The van der Waals surface area contributed by atoms with Crippen molar-refractivity contribution in [1.82, 2.24) is 25.3 Å². The second-order valence-corrected chi connectivity index (χ2v) is 9.23. The molecule has 170 valence electrons. The van der Waals surface area contributed by atoms with Crippen LogP contribution in [0.25, 0.3) is 11.2 Å². The molecule has 1 fully saturated rings. The maximum absolute atomic E-state index is 6.12. The van der Waals surface area contributed by atoms with Crippen molar-refractivity contribution < 1.29 is 0 Å². The van der Waals surface area contributed by atoms with Crippen LogP contribution >= 0.6 is 0 Å². The Morgan fingerprint density at radius 2 is 1.73 bits per heavy atom. The number of rotatable bonds is 8. The summed E-state index contributed by atoms with van der Waals surface area (Å²) >= 11 is 0. The zero-order valence-corrected chi connectivity index (χ0v) is 19.0. The SMILES string of the molecule is Nc1cc(C(CCCN2CCC(Cc3ccccc3)CC2)c2ccccc2)c2nn[nH]c2n1. The van der Waals surface area contributed by atoms with Crippen LogP contribution in [0.2, 0.25) is 0 Å². The van der Waals surface area contributed by atoms with Crippen molar-refractivity contribution in [3.63, 3.8) is 0 Å². The average molecular weight is 441 g/mol. The molecule has 2 aromatic heterocycles. The van der Waals surface area contributed by atoms with Crippen LogP contribution in [0.1, 0.15) is 48.3 Å². The monoisotopic (exact) mass is 440 g/mol. The van der Waals surface area contributed by atoms with Crippen molar-refractivity contribution in [2.45, 2.75) is 38.0 Å². The number of nitrogens with zero attached hydrogens (tertiary/aromatic N) is 4. The Morgan fingerprint density at radius 3 is 2.48 bits per heavy atom. The molecule has 3 N–H and O–H groups in total. The van der Waals surface area contributed by atoms with E-state index in [4.69, 9.17) is 5.73 Å². The van der Waals surface area contributed by atoms with Gasteiger partial charge in [-0.15, -0.1) is 5.10 Å². The predicted molar refractivity (Wildman–Crippen MR) is 133 cm³/mol. The fraction of sp³-hybridized carbons (Fsp3) is 0.370. The molecule has 1 unspecified atom stereocenters. The van der Waals surface area contributed by atoms with Gasteiger partial charge in [-0.1, -0.05) is 65.9 Å². The van der Waals surface area contributed by atoms with Crippen molar-refractivity contribution in [1.29, 1.82) is 0 Å². The largest absolute Gasteiger partial charge is 0.384 e. The van der Waals surface area contributed by atoms with Gasteiger partial charge in [-0.25, -0.2) is 10.1 Å².